The fourth-order valence-electron chi connectivity index (χ4n) is 2.22. The lowest BCUT2D eigenvalue weighted by Crippen LogP contribution is -2.30. The van der Waals surface area contributed by atoms with Crippen LogP contribution in [0.4, 0.5) is 0 Å². The molecule has 0 saturated heterocycles. The average molecular weight is 322 g/mol. The Morgan fingerprint density at radius 3 is 2.55 bits per heavy atom. The first-order valence-corrected chi connectivity index (χ1v) is 8.66. The molecule has 7 nitrogen and oxygen atoms in total. The molecule has 0 radical (unpaired) electrons. The summed E-state index contributed by atoms with van der Waals surface area (Å²) in [4.78, 5) is 16.3. The molecule has 1 atom stereocenters. The van der Waals surface area contributed by atoms with E-state index in [1.165, 1.54) is 23.3 Å². The van der Waals surface area contributed by atoms with Crippen LogP contribution in [0.5, 0.6) is 0 Å². The molecule has 0 fully saturated rings. The van der Waals surface area contributed by atoms with Crippen molar-refractivity contribution in [3.8, 4) is 0 Å². The lowest BCUT2D eigenvalue weighted by molar-refractivity contribution is 0.0933. The number of sulfone groups is 1. The van der Waals surface area contributed by atoms with Crippen LogP contribution in [0.3, 0.4) is 0 Å². The van der Waals surface area contributed by atoms with Crippen LogP contribution in [0.1, 0.15) is 35.4 Å². The van der Waals surface area contributed by atoms with Gasteiger partial charge in [0, 0.05) is 31.3 Å². The van der Waals surface area contributed by atoms with Crippen LogP contribution in [0.2, 0.25) is 0 Å². The number of carbonyl (C=O) groups excluding carboxylic acids is 1. The van der Waals surface area contributed by atoms with Crippen LogP contribution in [0.15, 0.2) is 35.6 Å². The van der Waals surface area contributed by atoms with Crippen LogP contribution in [-0.2, 0) is 16.9 Å². The van der Waals surface area contributed by atoms with E-state index in [0.29, 0.717) is 17.7 Å². The Morgan fingerprint density at radius 1 is 1.36 bits per heavy atom. The number of nitrogens with zero attached hydrogens (tertiary/aromatic N) is 3. The Hall–Kier alpha value is -2.22. The van der Waals surface area contributed by atoms with E-state index in [-0.39, 0.29) is 10.8 Å². The molecule has 0 aliphatic heterocycles. The fraction of sp³-hybridized carbons (Fsp3) is 0.357. The standard InChI is InChI=1S/C14H18N4O3S/c1-4-11(17-14(19)10-5-7-15-8-6-10)13-12(22(3,20)21)9-16-18(13)2/h5-9,11H,4H2,1-3H3,(H,17,19)/t11-/m0/s1. The van der Waals surface area contributed by atoms with E-state index in [1.807, 2.05) is 6.92 Å². The van der Waals surface area contributed by atoms with Gasteiger partial charge in [-0.25, -0.2) is 8.42 Å². The predicted octanol–water partition coefficient (Wildman–Crippen LogP) is 1.10. The molecule has 0 aliphatic carbocycles. The van der Waals surface area contributed by atoms with Crippen molar-refractivity contribution in [2.75, 3.05) is 6.26 Å². The molecule has 1 amide bonds. The van der Waals surface area contributed by atoms with Gasteiger partial charge in [0.25, 0.3) is 5.91 Å². The zero-order valence-electron chi connectivity index (χ0n) is 12.6. The third-order valence-corrected chi connectivity index (χ3v) is 4.45. The number of nitrogens with one attached hydrogen (secondary N) is 1. The van der Waals surface area contributed by atoms with Crippen molar-refractivity contribution in [3.05, 3.63) is 42.0 Å². The summed E-state index contributed by atoms with van der Waals surface area (Å²) in [5.41, 5.74) is 0.948. The van der Waals surface area contributed by atoms with Gasteiger partial charge in [-0.1, -0.05) is 6.92 Å². The topological polar surface area (TPSA) is 93.9 Å². The predicted molar refractivity (Wildman–Crippen MR) is 81.1 cm³/mol. The Morgan fingerprint density at radius 2 is 2.00 bits per heavy atom. The SMILES string of the molecule is CC[C@H](NC(=O)c1ccncc1)c1c(S(C)(=O)=O)cnn1C. The number of hydrogen-bond donors (Lipinski definition) is 1. The first-order chi connectivity index (χ1) is 10.3. The van der Waals surface area contributed by atoms with Crippen molar-refractivity contribution >= 4 is 15.7 Å². The summed E-state index contributed by atoms with van der Waals surface area (Å²) < 4.78 is 25.2. The van der Waals surface area contributed by atoms with E-state index < -0.39 is 15.9 Å². The summed E-state index contributed by atoms with van der Waals surface area (Å²) in [6.07, 6.45) is 6.04. The van der Waals surface area contributed by atoms with Gasteiger partial charge < -0.3 is 5.32 Å². The average Bonchev–Trinajstić information content (AvgIpc) is 2.87. The van der Waals surface area contributed by atoms with Gasteiger partial charge in [-0.2, -0.15) is 5.10 Å². The van der Waals surface area contributed by atoms with Gasteiger partial charge >= 0.3 is 0 Å². The van der Waals surface area contributed by atoms with Crippen molar-refractivity contribution in [1.82, 2.24) is 20.1 Å². The zero-order valence-corrected chi connectivity index (χ0v) is 13.5. The molecule has 0 saturated carbocycles. The van der Waals surface area contributed by atoms with Crippen molar-refractivity contribution < 1.29 is 13.2 Å². The Balaban J connectivity index is 2.34. The van der Waals surface area contributed by atoms with Gasteiger partial charge in [-0.3, -0.25) is 14.5 Å². The van der Waals surface area contributed by atoms with Crippen LogP contribution in [0.25, 0.3) is 0 Å². The van der Waals surface area contributed by atoms with Crippen LogP contribution in [0, 0.1) is 0 Å². The maximum atomic E-state index is 12.3. The fourth-order valence-corrected chi connectivity index (χ4v) is 3.11. The van der Waals surface area contributed by atoms with E-state index in [0.717, 1.165) is 6.26 Å². The zero-order chi connectivity index (χ0) is 16.3. The highest BCUT2D eigenvalue weighted by atomic mass is 32.2. The largest absolute Gasteiger partial charge is 0.344 e. The number of aromatic nitrogens is 3. The van der Waals surface area contributed by atoms with Gasteiger partial charge in [-0.05, 0) is 18.6 Å². The Bertz CT molecular complexity index is 769. The van der Waals surface area contributed by atoms with Crippen LogP contribution < -0.4 is 5.32 Å². The Kier molecular flexibility index (Phi) is 4.60. The van der Waals surface area contributed by atoms with Crippen molar-refractivity contribution in [1.29, 1.82) is 0 Å². The third kappa shape index (κ3) is 3.33. The summed E-state index contributed by atoms with van der Waals surface area (Å²) >= 11 is 0. The molecule has 22 heavy (non-hydrogen) atoms. The van der Waals surface area contributed by atoms with Crippen molar-refractivity contribution in [2.45, 2.75) is 24.3 Å². The monoisotopic (exact) mass is 322 g/mol. The molecular formula is C14H18N4O3S. The highest BCUT2D eigenvalue weighted by Gasteiger charge is 2.25. The molecule has 0 aromatic carbocycles. The number of carbonyl (C=O) groups is 1. The highest BCUT2D eigenvalue weighted by molar-refractivity contribution is 7.90. The molecular weight excluding hydrogens is 304 g/mol. The number of hydrogen-bond acceptors (Lipinski definition) is 5. The molecule has 0 spiro atoms. The smallest absolute Gasteiger partial charge is 0.251 e. The molecule has 0 unspecified atom stereocenters. The van der Waals surface area contributed by atoms with Crippen LogP contribution in [-0.4, -0.2) is 35.3 Å². The van der Waals surface area contributed by atoms with Gasteiger partial charge in [-0.15, -0.1) is 0 Å². The number of aryl methyl sites for hydroxylation is 1. The highest BCUT2D eigenvalue weighted by Crippen LogP contribution is 2.24. The maximum absolute atomic E-state index is 12.3. The number of rotatable bonds is 5. The number of pyridine rings is 1. The summed E-state index contributed by atoms with van der Waals surface area (Å²) in [5.74, 6) is -0.282. The second-order valence-corrected chi connectivity index (χ2v) is 6.94. The molecule has 2 heterocycles. The summed E-state index contributed by atoms with van der Waals surface area (Å²) in [6.45, 7) is 1.87. The molecule has 0 bridgehead atoms. The molecule has 1 N–H and O–H groups in total. The minimum absolute atomic E-state index is 0.136. The lowest BCUT2D eigenvalue weighted by Gasteiger charge is -2.18. The quantitative estimate of drug-likeness (QED) is 0.889. The van der Waals surface area contributed by atoms with Gasteiger partial charge in [0.05, 0.1) is 17.9 Å². The van der Waals surface area contributed by atoms with E-state index in [1.54, 1.807) is 19.2 Å². The summed E-state index contributed by atoms with van der Waals surface area (Å²) in [7, 11) is -1.75. The summed E-state index contributed by atoms with van der Waals surface area (Å²) in [5, 5.41) is 6.85. The minimum Gasteiger partial charge on any atom is -0.344 e. The van der Waals surface area contributed by atoms with Crippen molar-refractivity contribution in [3.63, 3.8) is 0 Å². The second-order valence-electron chi connectivity index (χ2n) is 4.96. The van der Waals surface area contributed by atoms with Gasteiger partial charge in [0.15, 0.2) is 9.84 Å². The lowest BCUT2D eigenvalue weighted by atomic mass is 10.1. The van der Waals surface area contributed by atoms with E-state index in [2.05, 4.69) is 15.4 Å². The third-order valence-electron chi connectivity index (χ3n) is 3.33. The first-order valence-electron chi connectivity index (χ1n) is 6.77. The molecule has 8 heteroatoms. The van der Waals surface area contributed by atoms with Crippen LogP contribution >= 0.6 is 0 Å². The van der Waals surface area contributed by atoms with Crippen molar-refractivity contribution in [2.24, 2.45) is 7.05 Å². The normalized spacial score (nSPS) is 12.9. The van der Waals surface area contributed by atoms with E-state index in [4.69, 9.17) is 0 Å². The first kappa shape index (κ1) is 16.2. The van der Waals surface area contributed by atoms with E-state index >= 15 is 0 Å². The maximum Gasteiger partial charge on any atom is 0.251 e. The second kappa shape index (κ2) is 6.27. The van der Waals surface area contributed by atoms with E-state index in [9.17, 15) is 13.2 Å². The number of amides is 1. The van der Waals surface area contributed by atoms with Gasteiger partial charge in [0.2, 0.25) is 0 Å². The molecule has 118 valence electrons. The summed E-state index contributed by atoms with van der Waals surface area (Å²) in [6, 6.07) is 2.75. The molecule has 2 aromatic rings. The molecule has 2 rings (SSSR count). The molecule has 2 aromatic heterocycles. The minimum atomic E-state index is -3.41. The molecule has 0 aliphatic rings. The Labute approximate surface area is 129 Å². The van der Waals surface area contributed by atoms with Gasteiger partial charge in [0.1, 0.15) is 4.90 Å².